The van der Waals surface area contributed by atoms with E-state index >= 15 is 0 Å². The van der Waals surface area contributed by atoms with Crippen LogP contribution in [-0.2, 0) is 14.3 Å². The Morgan fingerprint density at radius 3 is 2.34 bits per heavy atom. The number of hydrogen-bond acceptors (Lipinski definition) is 6. The number of phenolic OH excluding ortho intramolecular Hbond substituents is 1. The van der Waals surface area contributed by atoms with Gasteiger partial charge in [0.2, 0.25) is 11.8 Å². The molecule has 0 radical (unpaired) electrons. The van der Waals surface area contributed by atoms with E-state index in [1.807, 2.05) is 27.0 Å². The van der Waals surface area contributed by atoms with Crippen molar-refractivity contribution in [2.75, 3.05) is 18.6 Å². The first-order valence-electron chi connectivity index (χ1n) is 12.2. The Balaban J connectivity index is 3.47. The molecule has 0 heterocycles. The molecule has 35 heavy (non-hydrogen) atoms. The number of thioether (sulfide) groups is 1. The van der Waals surface area contributed by atoms with E-state index < -0.39 is 23.8 Å². The Bertz CT molecular complexity index is 854. The summed E-state index contributed by atoms with van der Waals surface area (Å²) in [5, 5.41) is 15.7. The highest BCUT2D eigenvalue weighted by atomic mass is 32.2. The highest BCUT2D eigenvalue weighted by molar-refractivity contribution is 7.98. The zero-order valence-corrected chi connectivity index (χ0v) is 23.3. The highest BCUT2D eigenvalue weighted by Crippen LogP contribution is 2.28. The standard InChI is InChI=1S/C26H43N3O5S/c1-9-10-14-29(24(32)20(13-15-35-8)28-25(33)34-26(5,6)7)22(23(31)27-17(2)3)19-11-12-21(30)18(4)16-19/h11-12,16-17,20,22,30H,9-10,13-15H2,1-8H3,(H,27,31)(H,28,33). The van der Waals surface area contributed by atoms with E-state index in [1.165, 1.54) is 6.07 Å². The van der Waals surface area contributed by atoms with Gasteiger partial charge in [-0.2, -0.15) is 11.8 Å². The smallest absolute Gasteiger partial charge is 0.408 e. The van der Waals surface area contributed by atoms with Gasteiger partial charge >= 0.3 is 6.09 Å². The van der Waals surface area contributed by atoms with Crippen molar-refractivity contribution >= 4 is 29.7 Å². The summed E-state index contributed by atoms with van der Waals surface area (Å²) in [5.74, 6) is 0.116. The molecule has 198 valence electrons. The number of carbonyl (C=O) groups excluding carboxylic acids is 3. The quantitative estimate of drug-likeness (QED) is 0.382. The summed E-state index contributed by atoms with van der Waals surface area (Å²) >= 11 is 1.57. The number of hydrogen-bond donors (Lipinski definition) is 3. The maximum atomic E-state index is 13.9. The summed E-state index contributed by atoms with van der Waals surface area (Å²) in [4.78, 5) is 41.5. The van der Waals surface area contributed by atoms with Crippen molar-refractivity contribution < 1.29 is 24.2 Å². The van der Waals surface area contributed by atoms with Gasteiger partial charge in [0.25, 0.3) is 0 Å². The summed E-state index contributed by atoms with van der Waals surface area (Å²) in [6.07, 6.45) is 3.18. The third-order valence-electron chi connectivity index (χ3n) is 5.16. The van der Waals surface area contributed by atoms with Gasteiger partial charge in [0.05, 0.1) is 0 Å². The molecule has 0 aliphatic rings. The van der Waals surface area contributed by atoms with Crippen LogP contribution < -0.4 is 10.6 Å². The Morgan fingerprint density at radius 1 is 1.17 bits per heavy atom. The second-order valence-electron chi connectivity index (χ2n) is 9.98. The molecule has 9 heteroatoms. The second-order valence-corrected chi connectivity index (χ2v) is 11.0. The molecule has 2 atom stereocenters. The minimum Gasteiger partial charge on any atom is -0.508 e. The molecular formula is C26H43N3O5S. The number of rotatable bonds is 12. The van der Waals surface area contributed by atoms with E-state index in [2.05, 4.69) is 10.6 Å². The number of nitrogens with zero attached hydrogens (tertiary/aromatic N) is 1. The molecular weight excluding hydrogens is 466 g/mol. The lowest BCUT2D eigenvalue weighted by atomic mass is 9.99. The molecule has 1 aromatic rings. The van der Waals surface area contributed by atoms with E-state index in [1.54, 1.807) is 56.5 Å². The fourth-order valence-electron chi connectivity index (χ4n) is 3.52. The molecule has 0 saturated carbocycles. The van der Waals surface area contributed by atoms with Gasteiger partial charge < -0.3 is 25.4 Å². The topological polar surface area (TPSA) is 108 Å². The average molecular weight is 510 g/mol. The van der Waals surface area contributed by atoms with Crippen molar-refractivity contribution in [2.24, 2.45) is 0 Å². The van der Waals surface area contributed by atoms with Crippen LogP contribution in [0.5, 0.6) is 5.75 Å². The Labute approximate surface area is 214 Å². The van der Waals surface area contributed by atoms with Gasteiger partial charge in [-0.3, -0.25) is 9.59 Å². The number of aryl methyl sites for hydroxylation is 1. The Hall–Kier alpha value is -2.42. The molecule has 0 fully saturated rings. The molecule has 0 aliphatic heterocycles. The number of ether oxygens (including phenoxy) is 1. The fourth-order valence-corrected chi connectivity index (χ4v) is 3.99. The van der Waals surface area contributed by atoms with Gasteiger partial charge in [0, 0.05) is 12.6 Å². The molecule has 8 nitrogen and oxygen atoms in total. The number of carbonyl (C=O) groups is 3. The van der Waals surface area contributed by atoms with Crippen LogP contribution in [0.4, 0.5) is 4.79 Å². The van der Waals surface area contributed by atoms with Gasteiger partial charge in [-0.25, -0.2) is 4.79 Å². The van der Waals surface area contributed by atoms with Crippen LogP contribution in [-0.4, -0.2) is 64.2 Å². The summed E-state index contributed by atoms with van der Waals surface area (Å²) in [5.41, 5.74) is 0.504. The Kier molecular flexibility index (Phi) is 12.4. The minimum absolute atomic E-state index is 0.118. The molecule has 0 aromatic heterocycles. The van der Waals surface area contributed by atoms with Crippen LogP contribution in [0.15, 0.2) is 18.2 Å². The fraction of sp³-hybridized carbons (Fsp3) is 0.654. The monoisotopic (exact) mass is 509 g/mol. The van der Waals surface area contributed by atoms with Crippen LogP contribution in [0.25, 0.3) is 0 Å². The minimum atomic E-state index is -0.909. The normalized spacial score (nSPS) is 13.2. The van der Waals surface area contributed by atoms with Crippen molar-refractivity contribution in [3.8, 4) is 5.75 Å². The van der Waals surface area contributed by atoms with Gasteiger partial charge in [-0.05, 0) is 89.7 Å². The summed E-state index contributed by atoms with van der Waals surface area (Å²) in [6.45, 7) is 13.1. The number of nitrogens with one attached hydrogen (secondary N) is 2. The maximum Gasteiger partial charge on any atom is 0.408 e. The van der Waals surface area contributed by atoms with Gasteiger partial charge in [-0.15, -0.1) is 0 Å². The van der Waals surface area contributed by atoms with Gasteiger partial charge in [0.15, 0.2) is 0 Å². The van der Waals surface area contributed by atoms with Crippen LogP contribution in [0.1, 0.15) is 78.0 Å². The number of phenols is 1. The van der Waals surface area contributed by atoms with E-state index in [-0.39, 0.29) is 23.6 Å². The largest absolute Gasteiger partial charge is 0.508 e. The predicted molar refractivity (Wildman–Crippen MR) is 142 cm³/mol. The third kappa shape index (κ3) is 10.4. The number of unbranched alkanes of at least 4 members (excludes halogenated alkanes) is 1. The highest BCUT2D eigenvalue weighted by Gasteiger charge is 2.36. The lowest BCUT2D eigenvalue weighted by molar-refractivity contribution is -0.142. The van der Waals surface area contributed by atoms with Crippen molar-refractivity contribution in [3.05, 3.63) is 29.3 Å². The first-order chi connectivity index (χ1) is 16.3. The lowest BCUT2D eigenvalue weighted by Gasteiger charge is -2.35. The zero-order valence-electron chi connectivity index (χ0n) is 22.4. The van der Waals surface area contributed by atoms with Gasteiger partial charge in [0.1, 0.15) is 23.4 Å². The van der Waals surface area contributed by atoms with E-state index in [4.69, 9.17) is 4.74 Å². The zero-order chi connectivity index (χ0) is 26.8. The first kappa shape index (κ1) is 30.6. The van der Waals surface area contributed by atoms with Crippen molar-refractivity contribution in [1.82, 2.24) is 15.5 Å². The molecule has 0 spiro atoms. The van der Waals surface area contributed by atoms with Crippen LogP contribution in [0.3, 0.4) is 0 Å². The predicted octanol–water partition coefficient (Wildman–Crippen LogP) is 4.54. The molecule has 0 saturated heterocycles. The Morgan fingerprint density at radius 2 is 1.83 bits per heavy atom. The first-order valence-corrected chi connectivity index (χ1v) is 13.6. The summed E-state index contributed by atoms with van der Waals surface area (Å²) < 4.78 is 5.40. The SMILES string of the molecule is CCCCN(C(=O)C(CCSC)NC(=O)OC(C)(C)C)C(C(=O)NC(C)C)c1ccc(O)c(C)c1. The molecule has 3 N–H and O–H groups in total. The van der Waals surface area contributed by atoms with Crippen LogP contribution in [0, 0.1) is 6.92 Å². The molecule has 1 aromatic carbocycles. The number of benzene rings is 1. The van der Waals surface area contributed by atoms with E-state index in [0.29, 0.717) is 36.3 Å². The molecule has 2 unspecified atom stereocenters. The number of amides is 3. The second kappa shape index (κ2) is 14.2. The van der Waals surface area contributed by atoms with Crippen LogP contribution >= 0.6 is 11.8 Å². The van der Waals surface area contributed by atoms with Crippen LogP contribution in [0.2, 0.25) is 0 Å². The van der Waals surface area contributed by atoms with E-state index in [0.717, 1.165) is 6.42 Å². The molecule has 0 bridgehead atoms. The van der Waals surface area contributed by atoms with Crippen molar-refractivity contribution in [3.63, 3.8) is 0 Å². The van der Waals surface area contributed by atoms with Crippen molar-refractivity contribution in [2.45, 2.75) is 91.5 Å². The molecule has 0 aliphatic carbocycles. The number of aromatic hydroxyl groups is 1. The van der Waals surface area contributed by atoms with Crippen molar-refractivity contribution in [1.29, 1.82) is 0 Å². The maximum absolute atomic E-state index is 13.9. The van der Waals surface area contributed by atoms with E-state index in [9.17, 15) is 19.5 Å². The third-order valence-corrected chi connectivity index (χ3v) is 5.81. The average Bonchev–Trinajstić information content (AvgIpc) is 2.73. The molecule has 3 amide bonds. The summed E-state index contributed by atoms with van der Waals surface area (Å²) in [6, 6.07) is 3.04. The van der Waals surface area contributed by atoms with Gasteiger partial charge in [-0.1, -0.05) is 19.4 Å². The summed E-state index contributed by atoms with van der Waals surface area (Å²) in [7, 11) is 0. The molecule has 1 rings (SSSR count). The number of alkyl carbamates (subject to hydrolysis) is 1. The lowest BCUT2D eigenvalue weighted by Crippen LogP contribution is -2.53.